The van der Waals surface area contributed by atoms with Gasteiger partial charge in [0.05, 0.1) is 24.0 Å². The summed E-state index contributed by atoms with van der Waals surface area (Å²) < 4.78 is 22.0. The molecule has 4 rings (SSSR count). The molecule has 4 aromatic rings. The lowest BCUT2D eigenvalue weighted by Crippen LogP contribution is -2.14. The van der Waals surface area contributed by atoms with Crippen LogP contribution in [0.4, 0.5) is 10.1 Å². The quantitative estimate of drug-likeness (QED) is 0.421. The summed E-state index contributed by atoms with van der Waals surface area (Å²) in [5.74, 6) is 0.330. The molecule has 0 unspecified atom stereocenters. The third-order valence-corrected chi connectivity index (χ3v) is 5.33. The number of ether oxygens (including phenoxy) is 1. The monoisotopic (exact) mass is 416 g/mol. The molecule has 1 heterocycles. The molecule has 3 aromatic carbocycles. The van der Waals surface area contributed by atoms with Crippen LogP contribution in [0.25, 0.3) is 22.2 Å². The van der Waals surface area contributed by atoms with Gasteiger partial charge < -0.3 is 14.6 Å². The molecule has 0 radical (unpaired) electrons. The summed E-state index contributed by atoms with van der Waals surface area (Å²) in [6.07, 6.45) is 0.875. The van der Waals surface area contributed by atoms with Gasteiger partial charge in [0.25, 0.3) is 0 Å². The number of nitrogens with zero attached hydrogens (tertiary/aromatic N) is 1. The van der Waals surface area contributed by atoms with Crippen LogP contribution in [0, 0.1) is 5.82 Å². The Morgan fingerprint density at radius 3 is 2.42 bits per heavy atom. The summed E-state index contributed by atoms with van der Waals surface area (Å²) >= 11 is 0. The molecule has 0 atom stereocenters. The van der Waals surface area contributed by atoms with Crippen LogP contribution < -0.4 is 15.5 Å². The number of pyridine rings is 1. The van der Waals surface area contributed by atoms with E-state index in [2.05, 4.69) is 9.88 Å². The number of hydrogen-bond donors (Lipinski definition) is 1. The molecule has 0 bridgehead atoms. The van der Waals surface area contributed by atoms with E-state index in [1.807, 2.05) is 61.5 Å². The molecule has 0 saturated carbocycles. The zero-order chi connectivity index (χ0) is 21.8. The number of aromatic nitrogens is 1. The van der Waals surface area contributed by atoms with Gasteiger partial charge in [0.2, 0.25) is 0 Å². The summed E-state index contributed by atoms with van der Waals surface area (Å²) in [4.78, 5) is 13.0. The molecule has 0 aliphatic heterocycles. The highest BCUT2D eigenvalue weighted by atomic mass is 19.1. The lowest BCUT2D eigenvalue weighted by molar-refractivity contribution is 0.415. The van der Waals surface area contributed by atoms with Crippen molar-refractivity contribution in [3.8, 4) is 17.0 Å². The van der Waals surface area contributed by atoms with Gasteiger partial charge >= 0.3 is 0 Å². The van der Waals surface area contributed by atoms with Gasteiger partial charge in [-0.15, -0.1) is 0 Å². The number of anilines is 1. The topological polar surface area (TPSA) is 43.3 Å². The predicted molar refractivity (Wildman–Crippen MR) is 124 cm³/mol. The van der Waals surface area contributed by atoms with Crippen molar-refractivity contribution >= 4 is 16.6 Å². The van der Waals surface area contributed by atoms with Gasteiger partial charge in [-0.05, 0) is 53.9 Å². The Morgan fingerprint density at radius 1 is 1.00 bits per heavy atom. The fraction of sp³-hybridized carbons (Fsp3) is 0.192. The first-order chi connectivity index (χ1) is 15.1. The van der Waals surface area contributed by atoms with Gasteiger partial charge in [0.15, 0.2) is 5.43 Å². The van der Waals surface area contributed by atoms with E-state index in [-0.39, 0.29) is 5.43 Å². The molecule has 1 N–H and O–H groups in total. The number of methoxy groups -OCH3 is 1. The van der Waals surface area contributed by atoms with Crippen molar-refractivity contribution in [2.75, 3.05) is 19.0 Å². The van der Waals surface area contributed by atoms with Crippen LogP contribution in [0.3, 0.4) is 0 Å². The van der Waals surface area contributed by atoms with Crippen LogP contribution >= 0.6 is 0 Å². The van der Waals surface area contributed by atoms with Crippen molar-refractivity contribution in [1.29, 1.82) is 0 Å². The maximum absolute atomic E-state index is 14.7. The first-order valence-electron chi connectivity index (χ1n) is 10.4. The normalized spacial score (nSPS) is 10.9. The predicted octanol–water partition coefficient (Wildman–Crippen LogP) is 5.69. The van der Waals surface area contributed by atoms with Gasteiger partial charge in [-0.3, -0.25) is 4.79 Å². The smallest absolute Gasteiger partial charge is 0.190 e. The van der Waals surface area contributed by atoms with Crippen LogP contribution in [0.15, 0.2) is 77.6 Å². The highest BCUT2D eigenvalue weighted by Crippen LogP contribution is 2.28. The van der Waals surface area contributed by atoms with Crippen molar-refractivity contribution in [1.82, 2.24) is 4.57 Å². The van der Waals surface area contributed by atoms with Crippen molar-refractivity contribution < 1.29 is 9.13 Å². The minimum absolute atomic E-state index is 0.203. The number of benzene rings is 3. The van der Waals surface area contributed by atoms with Crippen molar-refractivity contribution in [2.24, 2.45) is 0 Å². The molecular weight excluding hydrogens is 391 g/mol. The minimum Gasteiger partial charge on any atom is -0.497 e. The number of hydrogen-bond acceptors (Lipinski definition) is 3. The van der Waals surface area contributed by atoms with Gasteiger partial charge in [-0.1, -0.05) is 37.3 Å². The standard InChI is InChI=1S/C26H25FN2O2/c1-3-13-28-23-15-25-21(14-22(23)27)26(30)16-24(19-9-11-20(31-2)12-10-19)29(25)17-18-7-5-4-6-8-18/h4-12,14-16,28H,3,13,17H2,1-2H3. The molecule has 0 amide bonds. The van der Waals surface area contributed by atoms with Gasteiger partial charge in [0, 0.05) is 24.5 Å². The van der Waals surface area contributed by atoms with E-state index in [0.29, 0.717) is 29.7 Å². The number of halogens is 1. The Morgan fingerprint density at radius 2 is 1.74 bits per heavy atom. The maximum Gasteiger partial charge on any atom is 0.190 e. The van der Waals surface area contributed by atoms with E-state index in [1.54, 1.807) is 19.2 Å². The Hall–Kier alpha value is -3.60. The zero-order valence-electron chi connectivity index (χ0n) is 17.7. The van der Waals surface area contributed by atoms with E-state index >= 15 is 0 Å². The fourth-order valence-corrected chi connectivity index (χ4v) is 3.72. The molecule has 0 spiro atoms. The second kappa shape index (κ2) is 9.04. The largest absolute Gasteiger partial charge is 0.497 e. The van der Waals surface area contributed by atoms with Crippen LogP contribution in [0.1, 0.15) is 18.9 Å². The van der Waals surface area contributed by atoms with Crippen LogP contribution in [0.2, 0.25) is 0 Å². The van der Waals surface area contributed by atoms with E-state index < -0.39 is 5.82 Å². The summed E-state index contributed by atoms with van der Waals surface area (Å²) in [6.45, 7) is 3.24. The van der Waals surface area contributed by atoms with E-state index in [9.17, 15) is 9.18 Å². The van der Waals surface area contributed by atoms with Crippen LogP contribution in [-0.2, 0) is 6.54 Å². The summed E-state index contributed by atoms with van der Waals surface area (Å²) in [5, 5.41) is 3.50. The van der Waals surface area contributed by atoms with Gasteiger partial charge in [-0.25, -0.2) is 4.39 Å². The van der Waals surface area contributed by atoms with Crippen LogP contribution in [-0.4, -0.2) is 18.2 Å². The molecular formula is C26H25FN2O2. The van der Waals surface area contributed by atoms with Crippen molar-refractivity contribution in [3.63, 3.8) is 0 Å². The Labute approximate surface area is 180 Å². The maximum atomic E-state index is 14.7. The third kappa shape index (κ3) is 4.31. The number of fused-ring (bicyclic) bond motifs is 1. The third-order valence-electron chi connectivity index (χ3n) is 5.33. The Kier molecular flexibility index (Phi) is 6.03. The van der Waals surface area contributed by atoms with Crippen LogP contribution in [0.5, 0.6) is 5.75 Å². The van der Waals surface area contributed by atoms with E-state index in [1.165, 1.54) is 6.07 Å². The highest BCUT2D eigenvalue weighted by molar-refractivity contribution is 5.86. The number of rotatable bonds is 7. The Bertz CT molecular complexity index is 1250. The average Bonchev–Trinajstić information content (AvgIpc) is 2.80. The molecule has 0 aliphatic carbocycles. The summed E-state index contributed by atoms with van der Waals surface area (Å²) in [5.41, 5.74) is 3.66. The highest BCUT2D eigenvalue weighted by Gasteiger charge is 2.15. The summed E-state index contributed by atoms with van der Waals surface area (Å²) in [7, 11) is 1.62. The second-order valence-electron chi connectivity index (χ2n) is 7.47. The minimum atomic E-state index is -0.415. The molecule has 31 heavy (non-hydrogen) atoms. The number of nitrogens with one attached hydrogen (secondary N) is 1. The molecule has 1 aromatic heterocycles. The van der Waals surface area contributed by atoms with E-state index in [4.69, 9.17) is 4.74 Å². The zero-order valence-corrected chi connectivity index (χ0v) is 17.7. The Balaban J connectivity index is 1.97. The first kappa shape index (κ1) is 20.7. The first-order valence-corrected chi connectivity index (χ1v) is 10.4. The molecule has 5 heteroatoms. The molecule has 158 valence electrons. The van der Waals surface area contributed by atoms with Crippen molar-refractivity contribution in [3.05, 3.63) is 94.4 Å². The lowest BCUT2D eigenvalue weighted by atomic mass is 10.1. The average molecular weight is 416 g/mol. The molecule has 0 saturated heterocycles. The summed E-state index contributed by atoms with van der Waals surface area (Å²) in [6, 6.07) is 22.3. The fourth-order valence-electron chi connectivity index (χ4n) is 3.72. The lowest BCUT2D eigenvalue weighted by Gasteiger charge is -2.19. The molecule has 0 fully saturated rings. The van der Waals surface area contributed by atoms with Gasteiger partial charge in [0.1, 0.15) is 11.6 Å². The molecule has 0 aliphatic rings. The molecule has 4 nitrogen and oxygen atoms in total. The van der Waals surface area contributed by atoms with E-state index in [0.717, 1.165) is 29.0 Å². The van der Waals surface area contributed by atoms with Crippen molar-refractivity contribution in [2.45, 2.75) is 19.9 Å². The second-order valence-corrected chi connectivity index (χ2v) is 7.47. The van der Waals surface area contributed by atoms with Gasteiger partial charge in [-0.2, -0.15) is 0 Å². The SMILES string of the molecule is CCCNc1cc2c(cc1F)c(=O)cc(-c1ccc(OC)cc1)n2Cc1ccccc1.